The van der Waals surface area contributed by atoms with Crippen molar-refractivity contribution in [2.45, 2.75) is 38.1 Å². The topological polar surface area (TPSA) is 62.3 Å². The molecule has 0 atom stereocenters. The fraction of sp³-hybridized carbons (Fsp3) is 0.583. The molecule has 0 aliphatic heterocycles. The summed E-state index contributed by atoms with van der Waals surface area (Å²) in [6, 6.07) is 3.17. The largest absolute Gasteiger partial charge is 0.302 e. The van der Waals surface area contributed by atoms with E-state index >= 15 is 0 Å². The number of nitrogens with zero attached hydrogens (tertiary/aromatic N) is 2. The summed E-state index contributed by atoms with van der Waals surface area (Å²) in [7, 11) is -1.95. The van der Waals surface area contributed by atoms with Gasteiger partial charge in [0.25, 0.3) is 0 Å². The number of pyridine rings is 1. The van der Waals surface area contributed by atoms with E-state index in [9.17, 15) is 8.42 Å². The maximum Gasteiger partial charge on any atom is 0.302 e. The normalized spacial score (nSPS) is 17.6. The molecule has 19 heavy (non-hydrogen) atoms. The Balaban J connectivity index is 2.08. The molecule has 106 valence electrons. The molecule has 1 aromatic rings. The van der Waals surface area contributed by atoms with E-state index in [4.69, 9.17) is 11.6 Å². The number of halogens is 1. The van der Waals surface area contributed by atoms with Crippen LogP contribution in [0.1, 0.15) is 32.1 Å². The van der Waals surface area contributed by atoms with Gasteiger partial charge in [-0.25, -0.2) is 4.98 Å². The number of nitrogens with one attached hydrogen (secondary N) is 1. The molecule has 0 unspecified atom stereocenters. The molecule has 1 aromatic heterocycles. The van der Waals surface area contributed by atoms with Crippen molar-refractivity contribution in [1.29, 1.82) is 0 Å². The number of rotatable bonds is 4. The summed E-state index contributed by atoms with van der Waals surface area (Å²) in [5.74, 6) is 0.246. The molecule has 0 spiro atoms. The van der Waals surface area contributed by atoms with Crippen molar-refractivity contribution in [2.75, 3.05) is 11.8 Å². The van der Waals surface area contributed by atoms with Crippen LogP contribution < -0.4 is 4.72 Å². The molecule has 0 radical (unpaired) electrons. The lowest BCUT2D eigenvalue weighted by atomic mass is 9.96. The van der Waals surface area contributed by atoms with Crippen molar-refractivity contribution < 1.29 is 8.42 Å². The SMILES string of the molecule is CN(C1CCCCC1)S(=O)(=O)Nc1cc(Cl)ccn1. The quantitative estimate of drug-likeness (QED) is 0.930. The zero-order chi connectivity index (χ0) is 13.9. The molecule has 0 bridgehead atoms. The molecular weight excluding hydrogens is 286 g/mol. The molecule has 1 heterocycles. The molecule has 1 aliphatic rings. The predicted molar refractivity (Wildman–Crippen MR) is 76.4 cm³/mol. The van der Waals surface area contributed by atoms with Crippen LogP contribution in [0, 0.1) is 0 Å². The van der Waals surface area contributed by atoms with E-state index in [0.29, 0.717) is 5.02 Å². The lowest BCUT2D eigenvalue weighted by Crippen LogP contribution is -2.41. The van der Waals surface area contributed by atoms with Crippen LogP contribution in [0.4, 0.5) is 5.82 Å². The molecule has 1 saturated carbocycles. The van der Waals surface area contributed by atoms with Crippen LogP contribution in [0.15, 0.2) is 18.3 Å². The lowest BCUT2D eigenvalue weighted by Gasteiger charge is -2.30. The fourth-order valence-electron chi connectivity index (χ4n) is 2.31. The summed E-state index contributed by atoms with van der Waals surface area (Å²) < 4.78 is 28.4. The third kappa shape index (κ3) is 3.81. The van der Waals surface area contributed by atoms with E-state index in [1.54, 1.807) is 13.1 Å². The molecule has 1 aliphatic carbocycles. The standard InChI is InChI=1S/C12H18ClN3O2S/c1-16(11-5-3-2-4-6-11)19(17,18)15-12-9-10(13)7-8-14-12/h7-9,11H,2-6H2,1H3,(H,14,15). The minimum absolute atomic E-state index is 0.0745. The van der Waals surface area contributed by atoms with Gasteiger partial charge in [-0.05, 0) is 18.9 Å². The molecule has 1 N–H and O–H groups in total. The number of hydrogen-bond acceptors (Lipinski definition) is 3. The van der Waals surface area contributed by atoms with E-state index < -0.39 is 10.2 Å². The second-order valence-electron chi connectivity index (χ2n) is 4.77. The smallest absolute Gasteiger partial charge is 0.254 e. The minimum atomic E-state index is -3.57. The van der Waals surface area contributed by atoms with Crippen LogP contribution in [-0.4, -0.2) is 30.8 Å². The Kier molecular flexibility index (Phi) is 4.65. The first-order valence-electron chi connectivity index (χ1n) is 6.36. The highest BCUT2D eigenvalue weighted by molar-refractivity contribution is 7.90. The summed E-state index contributed by atoms with van der Waals surface area (Å²) in [6.45, 7) is 0. The number of anilines is 1. The van der Waals surface area contributed by atoms with E-state index in [-0.39, 0.29) is 11.9 Å². The Morgan fingerprint density at radius 2 is 2.05 bits per heavy atom. The van der Waals surface area contributed by atoms with Crippen molar-refractivity contribution in [3.63, 3.8) is 0 Å². The second-order valence-corrected chi connectivity index (χ2v) is 6.94. The molecular formula is C12H18ClN3O2S. The van der Waals surface area contributed by atoms with Gasteiger partial charge in [0, 0.05) is 30.4 Å². The van der Waals surface area contributed by atoms with Gasteiger partial charge in [-0.3, -0.25) is 4.72 Å². The third-order valence-corrected chi connectivity index (χ3v) is 5.18. The average molecular weight is 304 g/mol. The van der Waals surface area contributed by atoms with Crippen LogP contribution >= 0.6 is 11.6 Å². The Labute approximate surface area is 119 Å². The minimum Gasteiger partial charge on any atom is -0.254 e. The summed E-state index contributed by atoms with van der Waals surface area (Å²) in [5.41, 5.74) is 0. The summed E-state index contributed by atoms with van der Waals surface area (Å²) >= 11 is 5.81. The van der Waals surface area contributed by atoms with Crippen molar-refractivity contribution >= 4 is 27.6 Å². The van der Waals surface area contributed by atoms with Crippen molar-refractivity contribution in [2.24, 2.45) is 0 Å². The monoisotopic (exact) mass is 303 g/mol. The van der Waals surface area contributed by atoms with Crippen LogP contribution in [0.2, 0.25) is 5.02 Å². The number of aromatic nitrogens is 1. The van der Waals surface area contributed by atoms with Crippen LogP contribution in [-0.2, 0) is 10.2 Å². The lowest BCUT2D eigenvalue weighted by molar-refractivity contribution is 0.287. The van der Waals surface area contributed by atoms with Gasteiger partial charge < -0.3 is 0 Å². The van der Waals surface area contributed by atoms with Crippen LogP contribution in [0.25, 0.3) is 0 Å². The Hall–Kier alpha value is -0.850. The summed E-state index contributed by atoms with van der Waals surface area (Å²) in [4.78, 5) is 3.95. The third-order valence-electron chi connectivity index (χ3n) is 3.42. The van der Waals surface area contributed by atoms with Crippen LogP contribution in [0.5, 0.6) is 0 Å². The molecule has 2 rings (SSSR count). The number of hydrogen-bond donors (Lipinski definition) is 1. The first-order chi connectivity index (χ1) is 8.99. The van der Waals surface area contributed by atoms with E-state index in [0.717, 1.165) is 25.7 Å². The fourth-order valence-corrected chi connectivity index (χ4v) is 3.59. The molecule has 0 amide bonds. The van der Waals surface area contributed by atoms with Crippen LogP contribution in [0.3, 0.4) is 0 Å². The van der Waals surface area contributed by atoms with Crippen molar-refractivity contribution in [3.05, 3.63) is 23.4 Å². The Morgan fingerprint density at radius 1 is 1.37 bits per heavy atom. The maximum atomic E-state index is 12.2. The Morgan fingerprint density at radius 3 is 2.68 bits per heavy atom. The predicted octanol–water partition coefficient (Wildman–Crippen LogP) is 2.66. The average Bonchev–Trinajstić information content (AvgIpc) is 2.38. The van der Waals surface area contributed by atoms with Gasteiger partial charge in [-0.1, -0.05) is 30.9 Å². The highest BCUT2D eigenvalue weighted by Crippen LogP contribution is 2.24. The van der Waals surface area contributed by atoms with Gasteiger partial charge in [0.1, 0.15) is 5.82 Å². The van der Waals surface area contributed by atoms with E-state index in [2.05, 4.69) is 9.71 Å². The Bertz CT molecular complexity index is 530. The summed E-state index contributed by atoms with van der Waals surface area (Å²) in [6.07, 6.45) is 6.66. The van der Waals surface area contributed by atoms with Gasteiger partial charge in [-0.15, -0.1) is 0 Å². The molecule has 0 aromatic carbocycles. The van der Waals surface area contributed by atoms with Crippen molar-refractivity contribution in [3.8, 4) is 0 Å². The van der Waals surface area contributed by atoms with Gasteiger partial charge in [0.05, 0.1) is 0 Å². The highest BCUT2D eigenvalue weighted by Gasteiger charge is 2.27. The molecule has 0 saturated heterocycles. The van der Waals surface area contributed by atoms with Gasteiger partial charge in [0.2, 0.25) is 0 Å². The molecule has 7 heteroatoms. The first-order valence-corrected chi connectivity index (χ1v) is 8.18. The summed E-state index contributed by atoms with van der Waals surface area (Å²) in [5, 5.41) is 0.452. The van der Waals surface area contributed by atoms with Crippen molar-refractivity contribution in [1.82, 2.24) is 9.29 Å². The first kappa shape index (κ1) is 14.6. The highest BCUT2D eigenvalue weighted by atomic mass is 35.5. The van der Waals surface area contributed by atoms with Gasteiger partial charge in [-0.2, -0.15) is 12.7 Å². The van der Waals surface area contributed by atoms with E-state index in [1.165, 1.54) is 23.0 Å². The zero-order valence-corrected chi connectivity index (χ0v) is 12.4. The van der Waals surface area contributed by atoms with E-state index in [1.807, 2.05) is 0 Å². The zero-order valence-electron chi connectivity index (χ0n) is 10.8. The molecule has 5 nitrogen and oxygen atoms in total. The van der Waals surface area contributed by atoms with Gasteiger partial charge >= 0.3 is 10.2 Å². The maximum absolute atomic E-state index is 12.2. The van der Waals surface area contributed by atoms with Gasteiger partial charge in [0.15, 0.2) is 0 Å². The molecule has 1 fully saturated rings. The second kappa shape index (κ2) is 6.07.